The van der Waals surface area contributed by atoms with Crippen molar-refractivity contribution in [1.82, 2.24) is 10.3 Å². The quantitative estimate of drug-likeness (QED) is 0.774. The minimum Gasteiger partial charge on any atom is -0.356 e. The summed E-state index contributed by atoms with van der Waals surface area (Å²) in [5, 5.41) is 12.4. The van der Waals surface area contributed by atoms with Gasteiger partial charge >= 0.3 is 0 Å². The van der Waals surface area contributed by atoms with Crippen LogP contribution < -0.4 is 10.2 Å². The molecule has 1 aliphatic heterocycles. The Labute approximate surface area is 164 Å². The van der Waals surface area contributed by atoms with Gasteiger partial charge in [0.15, 0.2) is 0 Å². The number of nitriles is 1. The summed E-state index contributed by atoms with van der Waals surface area (Å²) in [6, 6.07) is 13.6. The Hall–Kier alpha value is -2.52. The van der Waals surface area contributed by atoms with Gasteiger partial charge in [0.25, 0.3) is 5.91 Å². The Balaban J connectivity index is 1.53. The highest BCUT2D eigenvalue weighted by Crippen LogP contribution is 2.25. The number of pyridine rings is 1. The number of rotatable bonds is 6. The van der Waals surface area contributed by atoms with Crippen molar-refractivity contribution in [3.8, 4) is 6.07 Å². The van der Waals surface area contributed by atoms with Crippen LogP contribution in [0.25, 0.3) is 0 Å². The Morgan fingerprint density at radius 2 is 2.07 bits per heavy atom. The molecule has 140 valence electrons. The highest BCUT2D eigenvalue weighted by atomic mass is 32.2. The Bertz CT molecular complexity index is 825. The maximum atomic E-state index is 12.6. The number of nitrogens with one attached hydrogen (secondary N) is 1. The standard InChI is InChI=1S/C21H24N4OS/c1-2-27-19-8-4-3-7-18(19)21(26)24-15-16-9-12-25(13-10-16)20-17(14-22)6-5-11-23-20/h3-8,11,16H,2,9-10,12-13,15H2,1H3,(H,24,26). The predicted octanol–water partition coefficient (Wildman–Crippen LogP) is 3.71. The van der Waals surface area contributed by atoms with Gasteiger partial charge in [-0.05, 0) is 48.8 Å². The number of hydrogen-bond acceptors (Lipinski definition) is 5. The molecule has 0 spiro atoms. The molecular formula is C21H24N4OS. The van der Waals surface area contributed by atoms with E-state index in [1.54, 1.807) is 30.1 Å². The number of carbonyl (C=O) groups is 1. The van der Waals surface area contributed by atoms with Gasteiger partial charge in [-0.15, -0.1) is 11.8 Å². The topological polar surface area (TPSA) is 69.0 Å². The fourth-order valence-corrected chi connectivity index (χ4v) is 4.16. The van der Waals surface area contributed by atoms with Gasteiger partial charge in [0.05, 0.1) is 11.1 Å². The van der Waals surface area contributed by atoms with E-state index in [1.807, 2.05) is 24.3 Å². The number of aromatic nitrogens is 1. The van der Waals surface area contributed by atoms with Gasteiger partial charge < -0.3 is 10.2 Å². The second-order valence-electron chi connectivity index (χ2n) is 6.56. The van der Waals surface area contributed by atoms with Crippen LogP contribution in [0.15, 0.2) is 47.5 Å². The molecule has 2 aromatic rings. The Morgan fingerprint density at radius 1 is 1.30 bits per heavy atom. The van der Waals surface area contributed by atoms with Crippen molar-refractivity contribution in [2.75, 3.05) is 30.3 Å². The molecule has 0 saturated carbocycles. The molecule has 5 nitrogen and oxygen atoms in total. The fraction of sp³-hybridized carbons (Fsp3) is 0.381. The van der Waals surface area contributed by atoms with Crippen LogP contribution in [0, 0.1) is 17.2 Å². The minimum atomic E-state index is 0.00507. The summed E-state index contributed by atoms with van der Waals surface area (Å²) >= 11 is 1.69. The third-order valence-electron chi connectivity index (χ3n) is 4.80. The number of carbonyl (C=O) groups excluding carboxylic acids is 1. The van der Waals surface area contributed by atoms with Crippen molar-refractivity contribution >= 4 is 23.5 Å². The SMILES string of the molecule is CCSc1ccccc1C(=O)NCC1CCN(c2ncccc2C#N)CC1. The average Bonchev–Trinajstić information content (AvgIpc) is 2.73. The Morgan fingerprint density at radius 3 is 2.81 bits per heavy atom. The van der Waals surface area contributed by atoms with E-state index in [0.29, 0.717) is 18.0 Å². The molecule has 3 rings (SSSR count). The fourth-order valence-electron chi connectivity index (χ4n) is 3.35. The monoisotopic (exact) mass is 380 g/mol. The summed E-state index contributed by atoms with van der Waals surface area (Å²) in [6.45, 7) is 4.49. The van der Waals surface area contributed by atoms with E-state index in [2.05, 4.69) is 28.2 Å². The minimum absolute atomic E-state index is 0.00507. The van der Waals surface area contributed by atoms with E-state index in [1.165, 1.54) is 0 Å². The van der Waals surface area contributed by atoms with Crippen molar-refractivity contribution < 1.29 is 4.79 Å². The summed E-state index contributed by atoms with van der Waals surface area (Å²) in [7, 11) is 0. The lowest BCUT2D eigenvalue weighted by atomic mass is 9.96. The molecule has 1 aromatic heterocycles. The highest BCUT2D eigenvalue weighted by molar-refractivity contribution is 7.99. The molecule has 1 aliphatic rings. The molecule has 27 heavy (non-hydrogen) atoms. The zero-order chi connectivity index (χ0) is 19.1. The molecule has 0 bridgehead atoms. The number of thioether (sulfide) groups is 1. The Kier molecular flexibility index (Phi) is 6.72. The molecule has 0 atom stereocenters. The lowest BCUT2D eigenvalue weighted by Gasteiger charge is -2.33. The summed E-state index contributed by atoms with van der Waals surface area (Å²) in [5.41, 5.74) is 1.38. The second-order valence-corrected chi connectivity index (χ2v) is 7.86. The third kappa shape index (κ3) is 4.81. The summed E-state index contributed by atoms with van der Waals surface area (Å²) < 4.78 is 0. The van der Waals surface area contributed by atoms with E-state index < -0.39 is 0 Å². The highest BCUT2D eigenvalue weighted by Gasteiger charge is 2.22. The van der Waals surface area contributed by atoms with Crippen molar-refractivity contribution in [3.63, 3.8) is 0 Å². The molecule has 2 heterocycles. The molecule has 1 N–H and O–H groups in total. The van der Waals surface area contributed by atoms with Crippen LogP contribution in [0.3, 0.4) is 0 Å². The van der Waals surface area contributed by atoms with Crippen LogP contribution in [0.2, 0.25) is 0 Å². The predicted molar refractivity (Wildman–Crippen MR) is 109 cm³/mol. The van der Waals surface area contributed by atoms with Gasteiger partial charge in [0, 0.05) is 30.7 Å². The van der Waals surface area contributed by atoms with Gasteiger partial charge in [-0.2, -0.15) is 5.26 Å². The number of amides is 1. The number of hydrogen-bond donors (Lipinski definition) is 1. The summed E-state index contributed by atoms with van der Waals surface area (Å²) in [5.74, 6) is 2.17. The number of anilines is 1. The molecular weight excluding hydrogens is 356 g/mol. The smallest absolute Gasteiger partial charge is 0.252 e. The first kappa shape index (κ1) is 19.2. The van der Waals surface area contributed by atoms with Crippen molar-refractivity contribution in [2.45, 2.75) is 24.7 Å². The van der Waals surface area contributed by atoms with Gasteiger partial charge in [0.1, 0.15) is 11.9 Å². The zero-order valence-corrected chi connectivity index (χ0v) is 16.3. The lowest BCUT2D eigenvalue weighted by molar-refractivity contribution is 0.0942. The van der Waals surface area contributed by atoms with E-state index in [0.717, 1.165) is 48.0 Å². The van der Waals surface area contributed by atoms with Crippen molar-refractivity contribution in [2.24, 2.45) is 5.92 Å². The number of nitrogens with zero attached hydrogens (tertiary/aromatic N) is 3. The molecule has 1 aromatic carbocycles. The van der Waals surface area contributed by atoms with Crippen LogP contribution >= 0.6 is 11.8 Å². The lowest BCUT2D eigenvalue weighted by Crippen LogP contribution is -2.39. The van der Waals surface area contributed by atoms with Gasteiger partial charge in [-0.25, -0.2) is 4.98 Å². The summed E-state index contributed by atoms with van der Waals surface area (Å²) in [4.78, 5) is 20.1. The molecule has 1 amide bonds. The third-order valence-corrected chi connectivity index (χ3v) is 5.76. The maximum Gasteiger partial charge on any atom is 0.252 e. The van der Waals surface area contributed by atoms with E-state index >= 15 is 0 Å². The molecule has 1 saturated heterocycles. The number of benzene rings is 1. The van der Waals surface area contributed by atoms with Crippen LogP contribution in [-0.4, -0.2) is 36.3 Å². The van der Waals surface area contributed by atoms with Gasteiger partial charge in [-0.1, -0.05) is 19.1 Å². The molecule has 6 heteroatoms. The zero-order valence-electron chi connectivity index (χ0n) is 15.5. The van der Waals surface area contributed by atoms with Crippen molar-refractivity contribution in [1.29, 1.82) is 5.26 Å². The first-order valence-electron chi connectivity index (χ1n) is 9.33. The van der Waals surface area contributed by atoms with E-state index in [-0.39, 0.29) is 5.91 Å². The van der Waals surface area contributed by atoms with Gasteiger partial charge in [-0.3, -0.25) is 4.79 Å². The first-order chi connectivity index (χ1) is 13.2. The molecule has 0 unspecified atom stereocenters. The van der Waals surface area contributed by atoms with Crippen LogP contribution in [0.5, 0.6) is 0 Å². The normalized spacial score (nSPS) is 14.6. The molecule has 0 aliphatic carbocycles. The van der Waals surface area contributed by atoms with Gasteiger partial charge in [0.2, 0.25) is 0 Å². The van der Waals surface area contributed by atoms with E-state index in [4.69, 9.17) is 0 Å². The van der Waals surface area contributed by atoms with Crippen LogP contribution in [0.4, 0.5) is 5.82 Å². The second kappa shape index (κ2) is 9.43. The average molecular weight is 381 g/mol. The molecule has 1 fully saturated rings. The largest absolute Gasteiger partial charge is 0.356 e. The number of piperidine rings is 1. The van der Waals surface area contributed by atoms with Crippen molar-refractivity contribution in [3.05, 3.63) is 53.7 Å². The van der Waals surface area contributed by atoms with Crippen LogP contribution in [0.1, 0.15) is 35.7 Å². The maximum absolute atomic E-state index is 12.6. The van der Waals surface area contributed by atoms with Crippen LogP contribution in [-0.2, 0) is 0 Å². The molecule has 0 radical (unpaired) electrons. The first-order valence-corrected chi connectivity index (χ1v) is 10.3. The van der Waals surface area contributed by atoms with E-state index in [9.17, 15) is 10.1 Å². The summed E-state index contributed by atoms with van der Waals surface area (Å²) in [6.07, 6.45) is 3.69.